The Morgan fingerprint density at radius 3 is 2.64 bits per heavy atom. The van der Waals surface area contributed by atoms with E-state index in [9.17, 15) is 17.6 Å². The molecule has 11 heteroatoms. The number of fused-ring (bicyclic) bond motifs is 2. The second-order valence-corrected chi connectivity index (χ2v) is 13.7. The number of hydrogen-bond acceptors (Lipinski definition) is 6. The number of carbonyl (C=O) groups is 1. The molecule has 2 aromatic carbocycles. The van der Waals surface area contributed by atoms with Crippen molar-refractivity contribution >= 4 is 43.4 Å². The van der Waals surface area contributed by atoms with Crippen LogP contribution in [0.15, 0.2) is 73.2 Å². The van der Waals surface area contributed by atoms with Gasteiger partial charge in [0.1, 0.15) is 15.7 Å². The number of rotatable bonds is 8. The van der Waals surface area contributed by atoms with Gasteiger partial charge in [-0.25, -0.2) is 17.8 Å². The highest BCUT2D eigenvalue weighted by atomic mass is 32.2. The van der Waals surface area contributed by atoms with E-state index in [1.165, 1.54) is 18.4 Å². The summed E-state index contributed by atoms with van der Waals surface area (Å²) in [5, 5.41) is 12.2. The van der Waals surface area contributed by atoms with E-state index in [0.29, 0.717) is 22.5 Å². The molecule has 6 aromatic rings. The van der Waals surface area contributed by atoms with Crippen LogP contribution in [-0.4, -0.2) is 51.5 Å². The predicted molar refractivity (Wildman–Crippen MR) is 169 cm³/mol. The number of halogens is 1. The maximum Gasteiger partial charge on any atom is 0.227 e. The molecule has 1 amide bonds. The number of nitrogens with one attached hydrogen (secondary N) is 3. The molecule has 3 N–H and O–H groups in total. The van der Waals surface area contributed by atoms with Gasteiger partial charge in [0, 0.05) is 52.0 Å². The maximum atomic E-state index is 14.7. The van der Waals surface area contributed by atoms with Crippen molar-refractivity contribution in [3.05, 3.63) is 84.6 Å². The average molecular weight is 609 g/mol. The molecule has 4 aromatic heterocycles. The zero-order valence-electron chi connectivity index (χ0n) is 23.9. The molecule has 0 bridgehead atoms. The second kappa shape index (κ2) is 11.0. The van der Waals surface area contributed by atoms with Crippen LogP contribution in [0.5, 0.6) is 0 Å². The third-order valence-electron chi connectivity index (χ3n) is 8.19. The first-order valence-corrected chi connectivity index (χ1v) is 16.5. The van der Waals surface area contributed by atoms with E-state index >= 15 is 0 Å². The smallest absolute Gasteiger partial charge is 0.227 e. The molecule has 9 nitrogen and oxygen atoms in total. The minimum Gasteiger partial charge on any atom is -0.353 e. The summed E-state index contributed by atoms with van der Waals surface area (Å²) < 4.78 is 38.0. The summed E-state index contributed by atoms with van der Waals surface area (Å²) in [6.07, 6.45) is 9.46. The number of anilines is 1. The lowest BCUT2D eigenvalue weighted by atomic mass is 9.85. The summed E-state index contributed by atoms with van der Waals surface area (Å²) in [6.45, 7) is 0. The number of H-pyrrole nitrogens is 2. The Hall–Kier alpha value is -4.90. The van der Waals surface area contributed by atoms with Crippen molar-refractivity contribution in [3.63, 3.8) is 0 Å². The Morgan fingerprint density at radius 2 is 1.84 bits per heavy atom. The van der Waals surface area contributed by atoms with Crippen LogP contribution in [0.3, 0.4) is 0 Å². The predicted octanol–water partition coefficient (Wildman–Crippen LogP) is 6.30. The first-order valence-electron chi connectivity index (χ1n) is 14.4. The van der Waals surface area contributed by atoms with Gasteiger partial charge < -0.3 is 10.3 Å². The largest absolute Gasteiger partial charge is 0.353 e. The summed E-state index contributed by atoms with van der Waals surface area (Å²) in [4.78, 5) is 24.8. The highest BCUT2D eigenvalue weighted by molar-refractivity contribution is 7.90. The van der Waals surface area contributed by atoms with Gasteiger partial charge in [-0.15, -0.1) is 0 Å². The van der Waals surface area contributed by atoms with Gasteiger partial charge in [-0.3, -0.25) is 14.9 Å². The number of aromatic amines is 2. The van der Waals surface area contributed by atoms with Crippen LogP contribution in [0.4, 0.5) is 10.1 Å². The number of aryl methyl sites for hydroxylation is 1. The summed E-state index contributed by atoms with van der Waals surface area (Å²) >= 11 is 0. The van der Waals surface area contributed by atoms with Crippen LogP contribution in [0.2, 0.25) is 0 Å². The van der Waals surface area contributed by atoms with E-state index in [-0.39, 0.29) is 24.0 Å². The lowest BCUT2D eigenvalue weighted by molar-refractivity contribution is -0.122. The zero-order valence-corrected chi connectivity index (χ0v) is 24.7. The van der Waals surface area contributed by atoms with Crippen molar-refractivity contribution in [2.24, 2.45) is 5.92 Å². The van der Waals surface area contributed by atoms with Crippen LogP contribution in [0.1, 0.15) is 24.8 Å². The number of benzene rings is 2. The van der Waals surface area contributed by atoms with Gasteiger partial charge in [-0.1, -0.05) is 24.6 Å². The van der Waals surface area contributed by atoms with Gasteiger partial charge in [0.2, 0.25) is 5.91 Å². The van der Waals surface area contributed by atoms with E-state index in [4.69, 9.17) is 0 Å². The Labute approximate surface area is 252 Å². The third kappa shape index (κ3) is 5.58. The molecule has 0 aliphatic heterocycles. The molecule has 0 spiro atoms. The number of carbonyl (C=O) groups excluding carboxylic acids is 1. The van der Waals surface area contributed by atoms with Crippen molar-refractivity contribution in [1.29, 1.82) is 0 Å². The number of nitrogens with zero attached hydrogens (tertiary/aromatic N) is 3. The van der Waals surface area contributed by atoms with E-state index in [1.54, 1.807) is 18.6 Å². The molecule has 0 atom stereocenters. The number of sulfone groups is 1. The minimum absolute atomic E-state index is 0.0300. The van der Waals surface area contributed by atoms with Crippen molar-refractivity contribution in [2.45, 2.75) is 25.7 Å². The van der Waals surface area contributed by atoms with Gasteiger partial charge in [0.15, 0.2) is 5.65 Å². The topological polar surface area (TPSA) is 133 Å². The molecule has 1 fully saturated rings. The molecule has 1 saturated carbocycles. The van der Waals surface area contributed by atoms with Gasteiger partial charge in [0.25, 0.3) is 0 Å². The van der Waals surface area contributed by atoms with Gasteiger partial charge in [-0.2, -0.15) is 5.10 Å². The van der Waals surface area contributed by atoms with Crippen molar-refractivity contribution in [3.8, 4) is 33.6 Å². The standard InChI is InChI=1S/C33H29FN6O3S/c1-44(42,43)9-8-19-10-21(12-24(34)11-19)26-6-3-7-29-27(26)15-30(38-29)31-28-14-23(17-36-32(28)40-39-31)22-13-25(18-35-16-22)37-33(41)20-4-2-5-20/h3,6-7,10-18,20,38H,2,4-5,8-9H2,1H3,(H,37,41)(H,36,39,40). The molecule has 222 valence electrons. The molecule has 0 unspecified atom stereocenters. The summed E-state index contributed by atoms with van der Waals surface area (Å²) in [5.74, 6) is -0.363. The number of amides is 1. The number of aromatic nitrogens is 5. The van der Waals surface area contributed by atoms with Crippen molar-refractivity contribution in [2.75, 3.05) is 17.3 Å². The molecule has 7 rings (SSSR count). The fourth-order valence-electron chi connectivity index (χ4n) is 5.64. The van der Waals surface area contributed by atoms with Crippen molar-refractivity contribution < 1.29 is 17.6 Å². The normalized spacial score (nSPS) is 13.8. The highest BCUT2D eigenvalue weighted by Crippen LogP contribution is 2.36. The van der Waals surface area contributed by atoms with E-state index in [0.717, 1.165) is 63.6 Å². The highest BCUT2D eigenvalue weighted by Gasteiger charge is 2.25. The second-order valence-electron chi connectivity index (χ2n) is 11.5. The molecule has 0 radical (unpaired) electrons. The van der Waals surface area contributed by atoms with E-state index in [1.807, 2.05) is 42.5 Å². The molecule has 44 heavy (non-hydrogen) atoms. The number of pyridine rings is 2. The van der Waals surface area contributed by atoms with Gasteiger partial charge >= 0.3 is 0 Å². The van der Waals surface area contributed by atoms with E-state index < -0.39 is 15.7 Å². The molecule has 1 aliphatic rings. The summed E-state index contributed by atoms with van der Waals surface area (Å²) in [5.41, 5.74) is 7.31. The quantitative estimate of drug-likeness (QED) is 0.186. The van der Waals surface area contributed by atoms with Crippen molar-refractivity contribution in [1.82, 2.24) is 25.1 Å². The monoisotopic (exact) mass is 608 g/mol. The van der Waals surface area contributed by atoms with Crippen LogP contribution in [0, 0.1) is 11.7 Å². The lowest BCUT2D eigenvalue weighted by Gasteiger charge is -2.24. The maximum absolute atomic E-state index is 14.7. The van der Waals surface area contributed by atoms with Gasteiger partial charge in [0.05, 0.1) is 29.0 Å². The Morgan fingerprint density at radius 1 is 1.00 bits per heavy atom. The summed E-state index contributed by atoms with van der Waals surface area (Å²) in [7, 11) is -3.18. The fourth-order valence-corrected chi connectivity index (χ4v) is 6.25. The molecule has 0 saturated heterocycles. The number of hydrogen-bond donors (Lipinski definition) is 3. The summed E-state index contributed by atoms with van der Waals surface area (Å²) in [6, 6.07) is 16.3. The van der Waals surface area contributed by atoms with Crippen LogP contribution in [-0.2, 0) is 21.1 Å². The lowest BCUT2D eigenvalue weighted by Crippen LogP contribution is -2.28. The third-order valence-corrected chi connectivity index (χ3v) is 9.13. The van der Waals surface area contributed by atoms with Crippen LogP contribution < -0.4 is 5.32 Å². The molecule has 4 heterocycles. The Bertz CT molecular complexity index is 2170. The van der Waals surface area contributed by atoms with E-state index in [2.05, 4.69) is 30.5 Å². The molecule has 1 aliphatic carbocycles. The SMILES string of the molecule is CS(=O)(=O)CCc1cc(F)cc(-c2cccc3[nH]c(-c4[nH]nc5ncc(-c6cncc(NC(=O)C7CCC7)c6)cc45)cc23)c1. The van der Waals surface area contributed by atoms with Gasteiger partial charge in [-0.05, 0) is 72.4 Å². The zero-order chi connectivity index (χ0) is 30.4. The minimum atomic E-state index is -3.18. The average Bonchev–Trinajstić information content (AvgIpc) is 3.58. The Kier molecular flexibility index (Phi) is 6.97. The molecular formula is C33H29FN6O3S. The van der Waals surface area contributed by atoms with Crippen LogP contribution >= 0.6 is 0 Å². The van der Waals surface area contributed by atoms with Crippen LogP contribution in [0.25, 0.3) is 55.6 Å². The molecular weight excluding hydrogens is 579 g/mol. The fraction of sp³-hybridized carbons (Fsp3) is 0.212. The Balaban J connectivity index is 1.23. The first-order chi connectivity index (χ1) is 21.2. The first kappa shape index (κ1) is 27.9.